The molecule has 1 unspecified atom stereocenters. The third-order valence-electron chi connectivity index (χ3n) is 2.40. The number of hydrogen-bond acceptors (Lipinski definition) is 3. The second kappa shape index (κ2) is 5.64. The van der Waals surface area contributed by atoms with E-state index in [4.69, 9.17) is 16.3 Å². The third-order valence-corrected chi connectivity index (χ3v) is 4.42. The van der Waals surface area contributed by atoms with Crippen LogP contribution in [0.1, 0.15) is 4.88 Å². The van der Waals surface area contributed by atoms with E-state index in [-0.39, 0.29) is 6.10 Å². The van der Waals surface area contributed by atoms with E-state index >= 15 is 0 Å². The minimum Gasteiger partial charge on any atom is -0.374 e. The van der Waals surface area contributed by atoms with Gasteiger partial charge in [0.1, 0.15) is 0 Å². The van der Waals surface area contributed by atoms with Gasteiger partial charge in [0.05, 0.1) is 12.7 Å². The zero-order valence-electron chi connectivity index (χ0n) is 8.29. The highest BCUT2D eigenvalue weighted by molar-refractivity contribution is 9.10. The molecule has 0 N–H and O–H groups in total. The summed E-state index contributed by atoms with van der Waals surface area (Å²) in [6.45, 7) is 3.75. The van der Waals surface area contributed by atoms with Crippen LogP contribution < -0.4 is 0 Å². The minimum atomic E-state index is 0.198. The summed E-state index contributed by atoms with van der Waals surface area (Å²) in [6, 6.07) is 2.18. The van der Waals surface area contributed by atoms with Crippen molar-refractivity contribution in [3.8, 4) is 0 Å². The van der Waals surface area contributed by atoms with Crippen LogP contribution >= 0.6 is 38.9 Å². The van der Waals surface area contributed by atoms with E-state index in [9.17, 15) is 0 Å². The molecule has 5 heteroatoms. The van der Waals surface area contributed by atoms with Gasteiger partial charge in [-0.1, -0.05) is 0 Å². The number of nitrogens with zero attached hydrogens (tertiary/aromatic N) is 1. The SMILES string of the molecule is ClCC1CN(Cc2cc(Br)cs2)CCO1. The van der Waals surface area contributed by atoms with Crippen LogP contribution in [-0.4, -0.2) is 36.6 Å². The first-order chi connectivity index (χ1) is 7.28. The zero-order valence-corrected chi connectivity index (χ0v) is 11.4. The number of alkyl halides is 1. The van der Waals surface area contributed by atoms with E-state index < -0.39 is 0 Å². The minimum absolute atomic E-state index is 0.198. The summed E-state index contributed by atoms with van der Waals surface area (Å²) in [5.41, 5.74) is 0. The first kappa shape index (κ1) is 11.9. The highest BCUT2D eigenvalue weighted by Gasteiger charge is 2.19. The highest BCUT2D eigenvalue weighted by Crippen LogP contribution is 2.22. The lowest BCUT2D eigenvalue weighted by atomic mass is 10.3. The predicted octanol–water partition coefficient (Wildman–Crippen LogP) is 2.95. The van der Waals surface area contributed by atoms with Gasteiger partial charge in [-0.15, -0.1) is 22.9 Å². The lowest BCUT2D eigenvalue weighted by Gasteiger charge is -2.31. The molecule has 1 aliphatic rings. The molecule has 1 aromatic rings. The van der Waals surface area contributed by atoms with Crippen molar-refractivity contribution >= 4 is 38.9 Å². The standard InChI is InChI=1S/C10H13BrClNOS/c11-8-3-10(15-7-8)6-13-1-2-14-9(4-12)5-13/h3,7,9H,1-2,4-6H2. The van der Waals surface area contributed by atoms with E-state index in [0.717, 1.165) is 26.2 Å². The van der Waals surface area contributed by atoms with Crippen LogP contribution in [0, 0.1) is 0 Å². The maximum atomic E-state index is 5.80. The second-order valence-corrected chi connectivity index (χ2v) is 5.83. The van der Waals surface area contributed by atoms with Crippen molar-refractivity contribution in [2.45, 2.75) is 12.6 Å². The number of hydrogen-bond donors (Lipinski definition) is 0. The van der Waals surface area contributed by atoms with Crippen LogP contribution in [0.2, 0.25) is 0 Å². The Hall–Kier alpha value is 0.390. The van der Waals surface area contributed by atoms with Crippen molar-refractivity contribution in [3.63, 3.8) is 0 Å². The predicted molar refractivity (Wildman–Crippen MR) is 67.8 cm³/mol. The maximum Gasteiger partial charge on any atom is 0.0837 e. The van der Waals surface area contributed by atoms with Gasteiger partial charge in [0.2, 0.25) is 0 Å². The Morgan fingerprint density at radius 2 is 2.53 bits per heavy atom. The van der Waals surface area contributed by atoms with Crippen LogP contribution in [0.15, 0.2) is 15.9 Å². The topological polar surface area (TPSA) is 12.5 Å². The van der Waals surface area contributed by atoms with Gasteiger partial charge >= 0.3 is 0 Å². The van der Waals surface area contributed by atoms with Gasteiger partial charge in [-0.2, -0.15) is 0 Å². The maximum absolute atomic E-state index is 5.80. The van der Waals surface area contributed by atoms with Crippen LogP contribution in [0.5, 0.6) is 0 Å². The smallest absolute Gasteiger partial charge is 0.0837 e. The molecular weight excluding hydrogens is 298 g/mol. The van der Waals surface area contributed by atoms with E-state index in [1.165, 1.54) is 9.35 Å². The van der Waals surface area contributed by atoms with Gasteiger partial charge in [0.15, 0.2) is 0 Å². The summed E-state index contributed by atoms with van der Waals surface area (Å²) in [5.74, 6) is 0.588. The van der Waals surface area contributed by atoms with Crippen molar-refractivity contribution < 1.29 is 4.74 Å². The lowest BCUT2D eigenvalue weighted by molar-refractivity contribution is -0.0190. The first-order valence-electron chi connectivity index (χ1n) is 4.91. The molecule has 0 radical (unpaired) electrons. The number of halogens is 2. The van der Waals surface area contributed by atoms with Crippen molar-refractivity contribution in [1.82, 2.24) is 4.90 Å². The Balaban J connectivity index is 1.88. The molecule has 1 fully saturated rings. The molecule has 0 bridgehead atoms. The third kappa shape index (κ3) is 3.43. The van der Waals surface area contributed by atoms with Crippen molar-refractivity contribution in [3.05, 3.63) is 20.8 Å². The average Bonchev–Trinajstić information content (AvgIpc) is 2.64. The summed E-state index contributed by atoms with van der Waals surface area (Å²) in [5, 5.41) is 2.12. The van der Waals surface area contributed by atoms with Crippen LogP contribution in [-0.2, 0) is 11.3 Å². The van der Waals surface area contributed by atoms with Gasteiger partial charge < -0.3 is 4.74 Å². The van der Waals surface area contributed by atoms with Gasteiger partial charge in [0, 0.05) is 40.2 Å². The monoisotopic (exact) mass is 309 g/mol. The zero-order chi connectivity index (χ0) is 10.7. The number of morpholine rings is 1. The van der Waals surface area contributed by atoms with E-state index in [0.29, 0.717) is 5.88 Å². The Labute approximate surface area is 107 Å². The van der Waals surface area contributed by atoms with Gasteiger partial charge in [-0.25, -0.2) is 0 Å². The Morgan fingerprint density at radius 1 is 1.67 bits per heavy atom. The summed E-state index contributed by atoms with van der Waals surface area (Å²) in [6.07, 6.45) is 0.198. The normalized spacial score (nSPS) is 23.2. The van der Waals surface area contributed by atoms with Crippen molar-refractivity contribution in [2.24, 2.45) is 0 Å². The molecule has 0 amide bonds. The Morgan fingerprint density at radius 3 is 3.20 bits per heavy atom. The Bertz CT molecular complexity index is 320. The lowest BCUT2D eigenvalue weighted by Crippen LogP contribution is -2.42. The molecular formula is C10H13BrClNOS. The molecule has 2 rings (SSSR count). The molecule has 84 valence electrons. The number of rotatable bonds is 3. The van der Waals surface area contributed by atoms with Gasteiger partial charge in [-0.05, 0) is 22.0 Å². The Kier molecular flexibility index (Phi) is 4.46. The molecule has 1 atom stereocenters. The molecule has 0 aromatic carbocycles. The summed E-state index contributed by atoms with van der Waals surface area (Å²) < 4.78 is 6.69. The van der Waals surface area contributed by atoms with Gasteiger partial charge in [0.25, 0.3) is 0 Å². The molecule has 2 nitrogen and oxygen atoms in total. The molecule has 0 saturated carbocycles. The molecule has 1 saturated heterocycles. The van der Waals surface area contributed by atoms with Crippen molar-refractivity contribution in [1.29, 1.82) is 0 Å². The second-order valence-electron chi connectivity index (χ2n) is 3.61. The molecule has 15 heavy (non-hydrogen) atoms. The first-order valence-corrected chi connectivity index (χ1v) is 7.11. The fourth-order valence-electron chi connectivity index (χ4n) is 1.67. The van der Waals surface area contributed by atoms with Crippen LogP contribution in [0.3, 0.4) is 0 Å². The fourth-order valence-corrected chi connectivity index (χ4v) is 3.35. The average molecular weight is 311 g/mol. The summed E-state index contributed by atoms with van der Waals surface area (Å²) in [4.78, 5) is 3.78. The van der Waals surface area contributed by atoms with Crippen molar-refractivity contribution in [2.75, 3.05) is 25.6 Å². The van der Waals surface area contributed by atoms with Crippen LogP contribution in [0.25, 0.3) is 0 Å². The summed E-state index contributed by atoms with van der Waals surface area (Å²) >= 11 is 11.1. The van der Waals surface area contributed by atoms with Crippen LogP contribution in [0.4, 0.5) is 0 Å². The largest absolute Gasteiger partial charge is 0.374 e. The number of ether oxygens (including phenoxy) is 1. The molecule has 1 aliphatic heterocycles. The molecule has 0 spiro atoms. The molecule has 0 aliphatic carbocycles. The summed E-state index contributed by atoms with van der Waals surface area (Å²) in [7, 11) is 0. The fraction of sp³-hybridized carbons (Fsp3) is 0.600. The van der Waals surface area contributed by atoms with E-state index in [1.807, 2.05) is 0 Å². The van der Waals surface area contributed by atoms with Gasteiger partial charge in [-0.3, -0.25) is 4.90 Å². The quantitative estimate of drug-likeness (QED) is 0.796. The molecule has 2 heterocycles. The highest BCUT2D eigenvalue weighted by atomic mass is 79.9. The number of thiophene rings is 1. The molecule has 1 aromatic heterocycles. The van der Waals surface area contributed by atoms with E-state index in [2.05, 4.69) is 32.3 Å². The van der Waals surface area contributed by atoms with E-state index in [1.54, 1.807) is 11.3 Å².